The molecular weight excluding hydrogens is 124 g/mol. The molecule has 0 unspecified atom stereocenters. The molecule has 0 spiro atoms. The van der Waals surface area contributed by atoms with E-state index in [2.05, 4.69) is 26.1 Å². The highest BCUT2D eigenvalue weighted by Gasteiger charge is 1.98. The average Bonchev–Trinajstić information content (AvgIpc) is 1.89. The molecule has 0 aromatic carbocycles. The maximum atomic E-state index is 5.39. The molecule has 0 aliphatic rings. The van der Waals surface area contributed by atoms with Gasteiger partial charge in [-0.25, -0.2) is 0 Å². The van der Waals surface area contributed by atoms with Crippen LogP contribution in [0.25, 0.3) is 0 Å². The van der Waals surface area contributed by atoms with Crippen LogP contribution in [0.3, 0.4) is 0 Å². The van der Waals surface area contributed by atoms with Gasteiger partial charge < -0.3 is 11.1 Å². The minimum atomic E-state index is 0.511. The van der Waals surface area contributed by atoms with Gasteiger partial charge in [-0.2, -0.15) is 0 Å². The van der Waals surface area contributed by atoms with E-state index >= 15 is 0 Å². The third-order valence-corrected chi connectivity index (χ3v) is 1.38. The first-order valence-electron chi connectivity index (χ1n) is 3.88. The van der Waals surface area contributed by atoms with Gasteiger partial charge >= 0.3 is 0 Å². The Balaban J connectivity index is 3.63. The Hall–Kier alpha value is -0.660. The first kappa shape index (κ1) is 9.34. The average molecular weight is 142 g/mol. The van der Waals surface area contributed by atoms with Crippen LogP contribution < -0.4 is 11.1 Å². The maximum Gasteiger partial charge on any atom is 0.0290 e. The summed E-state index contributed by atoms with van der Waals surface area (Å²) in [6, 6.07) is 0. The molecule has 0 fully saturated rings. The molecule has 2 heteroatoms. The largest absolute Gasteiger partial charge is 0.403 e. The van der Waals surface area contributed by atoms with E-state index in [0.29, 0.717) is 5.92 Å². The predicted molar refractivity (Wildman–Crippen MR) is 45.4 cm³/mol. The van der Waals surface area contributed by atoms with Gasteiger partial charge in [0.15, 0.2) is 0 Å². The number of nitrogens with one attached hydrogen (secondary N) is 1. The molecule has 2 nitrogen and oxygen atoms in total. The highest BCUT2D eigenvalue weighted by Crippen LogP contribution is 2.02. The summed E-state index contributed by atoms with van der Waals surface area (Å²) in [7, 11) is 0. The molecule has 10 heavy (non-hydrogen) atoms. The molecule has 0 saturated heterocycles. The minimum absolute atomic E-state index is 0.511. The van der Waals surface area contributed by atoms with Gasteiger partial charge in [0.25, 0.3) is 0 Å². The van der Waals surface area contributed by atoms with Crippen LogP contribution in [0, 0.1) is 5.92 Å². The van der Waals surface area contributed by atoms with Crippen molar-refractivity contribution in [1.82, 2.24) is 5.32 Å². The standard InChI is InChI=1S/C8H18N2/c1-4-5-10-8(6-9)7(2)3/h6-7,10H,4-5,9H2,1-3H3/b8-6-. The van der Waals surface area contributed by atoms with Crippen LogP contribution in [0.1, 0.15) is 27.2 Å². The van der Waals surface area contributed by atoms with Crippen LogP contribution in [-0.2, 0) is 0 Å². The van der Waals surface area contributed by atoms with Crippen LogP contribution >= 0.6 is 0 Å². The van der Waals surface area contributed by atoms with Gasteiger partial charge in [0, 0.05) is 18.4 Å². The third-order valence-electron chi connectivity index (χ3n) is 1.38. The molecule has 0 aliphatic heterocycles. The predicted octanol–water partition coefficient (Wildman–Crippen LogP) is 1.44. The zero-order chi connectivity index (χ0) is 7.98. The van der Waals surface area contributed by atoms with Crippen LogP contribution in [0.15, 0.2) is 11.9 Å². The van der Waals surface area contributed by atoms with Crippen molar-refractivity contribution >= 4 is 0 Å². The summed E-state index contributed by atoms with van der Waals surface area (Å²) >= 11 is 0. The molecule has 0 aromatic heterocycles. The maximum absolute atomic E-state index is 5.39. The molecule has 0 aliphatic carbocycles. The third kappa shape index (κ3) is 3.38. The summed E-state index contributed by atoms with van der Waals surface area (Å²) in [5, 5.41) is 3.25. The Bertz CT molecular complexity index is 106. The molecule has 3 N–H and O–H groups in total. The van der Waals surface area contributed by atoms with Gasteiger partial charge in [-0.05, 0) is 12.3 Å². The van der Waals surface area contributed by atoms with Gasteiger partial charge in [0.05, 0.1) is 0 Å². The van der Waals surface area contributed by atoms with E-state index in [1.165, 1.54) is 0 Å². The van der Waals surface area contributed by atoms with Gasteiger partial charge in [0.1, 0.15) is 0 Å². The summed E-state index contributed by atoms with van der Waals surface area (Å²) in [5.41, 5.74) is 6.53. The quantitative estimate of drug-likeness (QED) is 0.623. The Morgan fingerprint density at radius 3 is 2.50 bits per heavy atom. The lowest BCUT2D eigenvalue weighted by atomic mass is 10.1. The van der Waals surface area contributed by atoms with Gasteiger partial charge in [0.2, 0.25) is 0 Å². The summed E-state index contributed by atoms with van der Waals surface area (Å²) < 4.78 is 0. The van der Waals surface area contributed by atoms with E-state index in [1.807, 2.05) is 0 Å². The normalized spacial score (nSPS) is 12.2. The smallest absolute Gasteiger partial charge is 0.0290 e. The van der Waals surface area contributed by atoms with E-state index < -0.39 is 0 Å². The van der Waals surface area contributed by atoms with Gasteiger partial charge in [-0.3, -0.25) is 0 Å². The van der Waals surface area contributed by atoms with Crippen molar-refractivity contribution in [3.05, 3.63) is 11.9 Å². The monoisotopic (exact) mass is 142 g/mol. The first-order valence-corrected chi connectivity index (χ1v) is 3.88. The topological polar surface area (TPSA) is 38.0 Å². The molecule has 0 rings (SSSR count). The van der Waals surface area contributed by atoms with Crippen LogP contribution in [0.2, 0.25) is 0 Å². The zero-order valence-corrected chi connectivity index (χ0v) is 7.15. The van der Waals surface area contributed by atoms with Crippen LogP contribution in [0.5, 0.6) is 0 Å². The van der Waals surface area contributed by atoms with E-state index in [4.69, 9.17) is 5.73 Å². The van der Waals surface area contributed by atoms with Crippen molar-refractivity contribution < 1.29 is 0 Å². The summed E-state index contributed by atoms with van der Waals surface area (Å²) in [5.74, 6) is 0.511. The Morgan fingerprint density at radius 2 is 2.20 bits per heavy atom. The van der Waals surface area contributed by atoms with Crippen molar-refractivity contribution in [3.63, 3.8) is 0 Å². The number of nitrogens with two attached hydrogens (primary N) is 1. The van der Waals surface area contributed by atoms with Gasteiger partial charge in [-0.1, -0.05) is 20.8 Å². The molecule has 0 bridgehead atoms. The van der Waals surface area contributed by atoms with E-state index in [-0.39, 0.29) is 0 Å². The zero-order valence-electron chi connectivity index (χ0n) is 7.15. The number of rotatable bonds is 4. The molecule has 0 heterocycles. The lowest BCUT2D eigenvalue weighted by Crippen LogP contribution is -2.19. The molecular formula is C8H18N2. The highest BCUT2D eigenvalue weighted by molar-refractivity contribution is 4.99. The SMILES string of the molecule is CCCN/C(=C\N)C(C)C. The molecule has 0 aromatic rings. The van der Waals surface area contributed by atoms with Gasteiger partial charge in [-0.15, -0.1) is 0 Å². The second-order valence-corrected chi connectivity index (χ2v) is 2.70. The molecule has 0 atom stereocenters. The van der Waals surface area contributed by atoms with Crippen molar-refractivity contribution in [2.24, 2.45) is 11.7 Å². The Morgan fingerprint density at radius 1 is 1.60 bits per heavy atom. The molecule has 0 saturated carbocycles. The fraction of sp³-hybridized carbons (Fsp3) is 0.750. The summed E-state index contributed by atoms with van der Waals surface area (Å²) in [6.45, 7) is 7.41. The fourth-order valence-corrected chi connectivity index (χ4v) is 0.725. The van der Waals surface area contributed by atoms with Crippen molar-refractivity contribution in [1.29, 1.82) is 0 Å². The Labute approximate surface area is 63.5 Å². The number of allylic oxidation sites excluding steroid dienone is 1. The Kier molecular flexibility index (Phi) is 4.81. The highest BCUT2D eigenvalue weighted by atomic mass is 14.9. The lowest BCUT2D eigenvalue weighted by Gasteiger charge is -2.11. The van der Waals surface area contributed by atoms with Crippen LogP contribution in [0.4, 0.5) is 0 Å². The van der Waals surface area contributed by atoms with E-state index in [1.54, 1.807) is 6.20 Å². The van der Waals surface area contributed by atoms with Crippen LogP contribution in [-0.4, -0.2) is 6.54 Å². The van der Waals surface area contributed by atoms with Crippen molar-refractivity contribution in [3.8, 4) is 0 Å². The van der Waals surface area contributed by atoms with E-state index in [9.17, 15) is 0 Å². The molecule has 60 valence electrons. The number of hydrogen-bond donors (Lipinski definition) is 2. The van der Waals surface area contributed by atoms with Crippen molar-refractivity contribution in [2.75, 3.05) is 6.54 Å². The van der Waals surface area contributed by atoms with E-state index in [0.717, 1.165) is 18.7 Å². The molecule has 0 radical (unpaired) electrons. The summed E-state index contributed by atoms with van der Waals surface area (Å²) in [4.78, 5) is 0. The first-order chi connectivity index (χ1) is 4.72. The molecule has 0 amide bonds. The second-order valence-electron chi connectivity index (χ2n) is 2.70. The fourth-order valence-electron chi connectivity index (χ4n) is 0.725. The summed E-state index contributed by atoms with van der Waals surface area (Å²) in [6.07, 6.45) is 2.80. The lowest BCUT2D eigenvalue weighted by molar-refractivity contribution is 0.642. The number of hydrogen-bond acceptors (Lipinski definition) is 2. The second kappa shape index (κ2) is 5.15. The minimum Gasteiger partial charge on any atom is -0.403 e. The van der Waals surface area contributed by atoms with Crippen molar-refractivity contribution in [2.45, 2.75) is 27.2 Å².